The van der Waals surface area contributed by atoms with Gasteiger partial charge in [0.05, 0.1) is 6.61 Å². The van der Waals surface area contributed by atoms with Crippen molar-refractivity contribution >= 4 is 11.8 Å². The summed E-state index contributed by atoms with van der Waals surface area (Å²) in [5.74, 6) is 1.62. The molecule has 5 nitrogen and oxygen atoms in total. The molecule has 0 saturated heterocycles. The predicted octanol–water partition coefficient (Wildman–Crippen LogP) is 1.67. The summed E-state index contributed by atoms with van der Waals surface area (Å²) in [6.07, 6.45) is 2.72. The van der Waals surface area contributed by atoms with Crippen LogP contribution in [-0.2, 0) is 11.3 Å². The van der Waals surface area contributed by atoms with E-state index in [1.165, 1.54) is 10.5 Å². The Morgan fingerprint density at radius 3 is 2.67 bits per heavy atom. The maximum absolute atomic E-state index is 9.08. The van der Waals surface area contributed by atoms with E-state index in [-0.39, 0.29) is 12.6 Å². The van der Waals surface area contributed by atoms with Crippen LogP contribution in [0, 0.1) is 0 Å². The van der Waals surface area contributed by atoms with Crippen LogP contribution in [0.25, 0.3) is 0 Å². The first-order valence-corrected chi connectivity index (χ1v) is 8.30. The molecule has 1 aromatic rings. The van der Waals surface area contributed by atoms with Gasteiger partial charge in [0.1, 0.15) is 13.2 Å². The molecule has 2 N–H and O–H groups in total. The maximum atomic E-state index is 9.08. The second-order valence-electron chi connectivity index (χ2n) is 4.85. The number of benzene rings is 1. The summed E-state index contributed by atoms with van der Waals surface area (Å²) in [6.45, 7) is 2.64. The van der Waals surface area contributed by atoms with E-state index < -0.39 is 0 Å². The van der Waals surface area contributed by atoms with Gasteiger partial charge in [-0.3, -0.25) is 0 Å². The number of aliphatic hydroxyl groups is 1. The lowest BCUT2D eigenvalue weighted by Gasteiger charge is -2.22. The van der Waals surface area contributed by atoms with Crippen molar-refractivity contribution in [1.82, 2.24) is 5.32 Å². The first kappa shape index (κ1) is 16.4. The van der Waals surface area contributed by atoms with Crippen LogP contribution in [0.4, 0.5) is 0 Å². The summed E-state index contributed by atoms with van der Waals surface area (Å²) in [6, 6.07) is 4.21. The van der Waals surface area contributed by atoms with E-state index in [9.17, 15) is 0 Å². The maximum Gasteiger partial charge on any atom is 0.162 e. The third-order valence-corrected chi connectivity index (χ3v) is 4.19. The zero-order valence-electron chi connectivity index (χ0n) is 12.6. The van der Waals surface area contributed by atoms with Crippen molar-refractivity contribution in [1.29, 1.82) is 0 Å². The molecule has 0 bridgehead atoms. The van der Waals surface area contributed by atoms with Gasteiger partial charge < -0.3 is 24.6 Å². The molecular formula is C15H23NO4S. The fraction of sp³-hybridized carbons (Fsp3) is 0.600. The lowest BCUT2D eigenvalue weighted by atomic mass is 10.1. The molecule has 21 heavy (non-hydrogen) atoms. The topological polar surface area (TPSA) is 60.0 Å². The minimum Gasteiger partial charge on any atom is -0.486 e. The SMILES string of the molecule is COCC(CCO)NCc1cc2c(cc1SC)OCCO2. The molecule has 0 radical (unpaired) electrons. The van der Waals surface area contributed by atoms with E-state index in [0.717, 1.165) is 11.5 Å². The Kier molecular flexibility index (Phi) is 6.63. The van der Waals surface area contributed by atoms with Crippen LogP contribution >= 0.6 is 11.8 Å². The van der Waals surface area contributed by atoms with Gasteiger partial charge >= 0.3 is 0 Å². The van der Waals surface area contributed by atoms with E-state index in [0.29, 0.717) is 32.8 Å². The van der Waals surface area contributed by atoms with E-state index in [1.807, 2.05) is 12.1 Å². The van der Waals surface area contributed by atoms with Crippen LogP contribution < -0.4 is 14.8 Å². The van der Waals surface area contributed by atoms with Crippen molar-refractivity contribution in [2.24, 2.45) is 0 Å². The van der Waals surface area contributed by atoms with Crippen molar-refractivity contribution in [3.63, 3.8) is 0 Å². The minimum atomic E-state index is 0.142. The fourth-order valence-corrected chi connectivity index (χ4v) is 2.91. The Morgan fingerprint density at radius 2 is 2.05 bits per heavy atom. The van der Waals surface area contributed by atoms with Crippen LogP contribution in [0.2, 0.25) is 0 Å². The van der Waals surface area contributed by atoms with Crippen LogP contribution in [0.1, 0.15) is 12.0 Å². The van der Waals surface area contributed by atoms with Gasteiger partial charge in [-0.1, -0.05) is 0 Å². The van der Waals surface area contributed by atoms with E-state index in [2.05, 4.69) is 11.6 Å². The van der Waals surface area contributed by atoms with Crippen molar-refractivity contribution in [3.05, 3.63) is 17.7 Å². The summed E-state index contributed by atoms with van der Waals surface area (Å²) in [5.41, 5.74) is 1.17. The number of fused-ring (bicyclic) bond motifs is 1. The standard InChI is InChI=1S/C15H23NO4S/c1-18-10-12(3-4-17)16-9-11-7-13-14(8-15(11)21-2)20-6-5-19-13/h7-8,12,16-17H,3-6,9-10H2,1-2H3. The van der Waals surface area contributed by atoms with Crippen LogP contribution in [0.3, 0.4) is 0 Å². The van der Waals surface area contributed by atoms with Crippen LogP contribution in [0.5, 0.6) is 11.5 Å². The van der Waals surface area contributed by atoms with Gasteiger partial charge in [-0.25, -0.2) is 0 Å². The molecule has 1 heterocycles. The third-order valence-electron chi connectivity index (χ3n) is 3.37. The monoisotopic (exact) mass is 313 g/mol. The van der Waals surface area contributed by atoms with Gasteiger partial charge in [0.2, 0.25) is 0 Å². The van der Waals surface area contributed by atoms with Gasteiger partial charge in [-0.15, -0.1) is 11.8 Å². The molecule has 6 heteroatoms. The molecule has 1 atom stereocenters. The lowest BCUT2D eigenvalue weighted by molar-refractivity contribution is 0.147. The first-order chi connectivity index (χ1) is 10.3. The zero-order chi connectivity index (χ0) is 15.1. The Hall–Kier alpha value is -0.950. The summed E-state index contributed by atoms with van der Waals surface area (Å²) in [4.78, 5) is 1.17. The predicted molar refractivity (Wildman–Crippen MR) is 83.4 cm³/mol. The molecule has 1 aliphatic rings. The summed E-state index contributed by atoms with van der Waals surface area (Å²) >= 11 is 1.69. The first-order valence-electron chi connectivity index (χ1n) is 7.08. The number of hydrogen-bond donors (Lipinski definition) is 2. The van der Waals surface area contributed by atoms with Gasteiger partial charge in [-0.2, -0.15) is 0 Å². The van der Waals surface area contributed by atoms with Crippen LogP contribution in [-0.4, -0.2) is 50.9 Å². The number of methoxy groups -OCH3 is 1. The van der Waals surface area contributed by atoms with Crippen molar-refractivity contribution in [2.75, 3.05) is 39.8 Å². The van der Waals surface area contributed by atoms with Gasteiger partial charge in [-0.05, 0) is 30.4 Å². The fourth-order valence-electron chi connectivity index (χ4n) is 2.30. The number of thioether (sulfide) groups is 1. The summed E-state index contributed by atoms with van der Waals surface area (Å²) in [5, 5.41) is 12.5. The number of rotatable bonds is 8. The third kappa shape index (κ3) is 4.51. The molecule has 2 rings (SSSR count). The zero-order valence-corrected chi connectivity index (χ0v) is 13.4. The molecule has 1 aromatic carbocycles. The largest absolute Gasteiger partial charge is 0.486 e. The van der Waals surface area contributed by atoms with Gasteiger partial charge in [0.25, 0.3) is 0 Å². The van der Waals surface area contributed by atoms with Crippen LogP contribution in [0.15, 0.2) is 17.0 Å². The molecule has 0 fully saturated rings. The molecular weight excluding hydrogens is 290 g/mol. The highest BCUT2D eigenvalue weighted by Crippen LogP contribution is 2.36. The molecule has 1 aliphatic heterocycles. The Labute approximate surface area is 130 Å². The Morgan fingerprint density at radius 1 is 1.33 bits per heavy atom. The number of nitrogens with one attached hydrogen (secondary N) is 1. The number of hydrogen-bond acceptors (Lipinski definition) is 6. The molecule has 0 amide bonds. The average Bonchev–Trinajstić information content (AvgIpc) is 2.52. The highest BCUT2D eigenvalue weighted by atomic mass is 32.2. The average molecular weight is 313 g/mol. The minimum absolute atomic E-state index is 0.142. The normalized spacial score (nSPS) is 15.0. The quantitative estimate of drug-likeness (QED) is 0.712. The smallest absolute Gasteiger partial charge is 0.162 e. The molecule has 1 unspecified atom stereocenters. The highest BCUT2D eigenvalue weighted by Gasteiger charge is 2.16. The molecule has 0 saturated carbocycles. The number of ether oxygens (including phenoxy) is 3. The second kappa shape index (κ2) is 8.48. The van der Waals surface area contributed by atoms with Crippen molar-refractivity contribution in [2.45, 2.75) is 23.9 Å². The Bertz CT molecular complexity index is 450. The Balaban J connectivity index is 2.07. The van der Waals surface area contributed by atoms with E-state index in [4.69, 9.17) is 19.3 Å². The summed E-state index contributed by atoms with van der Waals surface area (Å²) in [7, 11) is 1.67. The second-order valence-corrected chi connectivity index (χ2v) is 5.70. The lowest BCUT2D eigenvalue weighted by Crippen LogP contribution is -2.33. The molecule has 0 aliphatic carbocycles. The van der Waals surface area contributed by atoms with Gasteiger partial charge in [0.15, 0.2) is 11.5 Å². The van der Waals surface area contributed by atoms with Crippen molar-refractivity contribution < 1.29 is 19.3 Å². The number of aliphatic hydroxyl groups excluding tert-OH is 1. The van der Waals surface area contributed by atoms with E-state index >= 15 is 0 Å². The summed E-state index contributed by atoms with van der Waals surface area (Å²) < 4.78 is 16.4. The van der Waals surface area contributed by atoms with Gasteiger partial charge in [0, 0.05) is 31.2 Å². The molecule has 0 spiro atoms. The van der Waals surface area contributed by atoms with E-state index in [1.54, 1.807) is 18.9 Å². The highest BCUT2D eigenvalue weighted by molar-refractivity contribution is 7.98. The molecule has 118 valence electrons. The van der Waals surface area contributed by atoms with Crippen molar-refractivity contribution in [3.8, 4) is 11.5 Å². The molecule has 0 aromatic heterocycles.